The maximum absolute atomic E-state index is 11.5. The van der Waals surface area contributed by atoms with Crippen molar-refractivity contribution in [3.05, 3.63) is 0 Å². The highest BCUT2D eigenvalue weighted by molar-refractivity contribution is 5.78. The predicted molar refractivity (Wildman–Crippen MR) is 56.7 cm³/mol. The van der Waals surface area contributed by atoms with E-state index < -0.39 is 0 Å². The molecule has 0 bridgehead atoms. The summed E-state index contributed by atoms with van der Waals surface area (Å²) in [5.74, 6) is 0.0697. The van der Waals surface area contributed by atoms with Crippen molar-refractivity contribution in [2.24, 2.45) is 0 Å². The standard InChI is InChI=1S/C10H20N2O3/c1-3-11-9(7-14-2)6-12-4-5-15-8-10(12)13/h9,11H,3-8H2,1-2H3. The van der Waals surface area contributed by atoms with Gasteiger partial charge in [0, 0.05) is 26.2 Å². The van der Waals surface area contributed by atoms with Gasteiger partial charge in [-0.25, -0.2) is 0 Å². The third-order valence-electron chi connectivity index (χ3n) is 2.39. The molecule has 88 valence electrons. The lowest BCUT2D eigenvalue weighted by molar-refractivity contribution is -0.143. The summed E-state index contributed by atoms with van der Waals surface area (Å²) < 4.78 is 10.2. The molecule has 1 fully saturated rings. The molecule has 5 nitrogen and oxygen atoms in total. The zero-order valence-electron chi connectivity index (χ0n) is 9.49. The lowest BCUT2D eigenvalue weighted by atomic mass is 10.2. The van der Waals surface area contributed by atoms with Crippen molar-refractivity contribution in [1.82, 2.24) is 10.2 Å². The van der Waals surface area contributed by atoms with E-state index in [9.17, 15) is 4.79 Å². The minimum Gasteiger partial charge on any atom is -0.383 e. The number of methoxy groups -OCH3 is 1. The molecular weight excluding hydrogens is 196 g/mol. The van der Waals surface area contributed by atoms with Gasteiger partial charge in [-0.2, -0.15) is 0 Å². The topological polar surface area (TPSA) is 50.8 Å². The summed E-state index contributed by atoms with van der Waals surface area (Å²) in [6.07, 6.45) is 0. The highest BCUT2D eigenvalue weighted by Crippen LogP contribution is 2.00. The fourth-order valence-electron chi connectivity index (χ4n) is 1.68. The molecule has 5 heteroatoms. The first kappa shape index (κ1) is 12.4. The van der Waals surface area contributed by atoms with E-state index >= 15 is 0 Å². The molecule has 1 atom stereocenters. The van der Waals surface area contributed by atoms with E-state index in [-0.39, 0.29) is 18.6 Å². The number of likely N-dealkylation sites (N-methyl/N-ethyl adjacent to an activating group) is 1. The average Bonchev–Trinajstić information content (AvgIpc) is 2.22. The maximum atomic E-state index is 11.5. The van der Waals surface area contributed by atoms with Gasteiger partial charge in [-0.3, -0.25) is 4.79 Å². The first-order chi connectivity index (χ1) is 7.27. The Balaban J connectivity index is 2.37. The fraction of sp³-hybridized carbons (Fsp3) is 0.900. The second-order valence-corrected chi connectivity index (χ2v) is 3.60. The van der Waals surface area contributed by atoms with E-state index in [4.69, 9.17) is 9.47 Å². The molecule has 1 unspecified atom stereocenters. The Labute approximate surface area is 90.7 Å². The number of rotatable bonds is 6. The molecule has 1 amide bonds. The van der Waals surface area contributed by atoms with E-state index in [0.29, 0.717) is 26.3 Å². The van der Waals surface area contributed by atoms with Crippen LogP contribution in [-0.4, -0.2) is 63.4 Å². The van der Waals surface area contributed by atoms with Crippen LogP contribution in [0.1, 0.15) is 6.92 Å². The summed E-state index contributed by atoms with van der Waals surface area (Å²) in [4.78, 5) is 13.3. The van der Waals surface area contributed by atoms with Crippen LogP contribution in [0.15, 0.2) is 0 Å². The maximum Gasteiger partial charge on any atom is 0.248 e. The summed E-state index contributed by atoms with van der Waals surface area (Å²) >= 11 is 0. The zero-order chi connectivity index (χ0) is 11.1. The Morgan fingerprint density at radius 1 is 1.67 bits per heavy atom. The summed E-state index contributed by atoms with van der Waals surface area (Å²) in [6.45, 7) is 5.78. The predicted octanol–water partition coefficient (Wildman–Crippen LogP) is -0.530. The van der Waals surface area contributed by atoms with Crippen LogP contribution in [0.25, 0.3) is 0 Å². The number of carbonyl (C=O) groups excluding carboxylic acids is 1. The van der Waals surface area contributed by atoms with Crippen molar-refractivity contribution in [2.45, 2.75) is 13.0 Å². The third-order valence-corrected chi connectivity index (χ3v) is 2.39. The smallest absolute Gasteiger partial charge is 0.248 e. The van der Waals surface area contributed by atoms with Crippen LogP contribution in [0, 0.1) is 0 Å². The molecule has 0 saturated carbocycles. The lowest BCUT2D eigenvalue weighted by Crippen LogP contribution is -2.50. The highest BCUT2D eigenvalue weighted by atomic mass is 16.5. The number of hydrogen-bond donors (Lipinski definition) is 1. The van der Waals surface area contributed by atoms with Crippen LogP contribution in [0.2, 0.25) is 0 Å². The second-order valence-electron chi connectivity index (χ2n) is 3.60. The van der Waals surface area contributed by atoms with Gasteiger partial charge in [-0.05, 0) is 6.54 Å². The molecule has 0 aromatic heterocycles. The SMILES string of the molecule is CCNC(COC)CN1CCOCC1=O. The monoisotopic (exact) mass is 216 g/mol. The quantitative estimate of drug-likeness (QED) is 0.648. The van der Waals surface area contributed by atoms with Crippen molar-refractivity contribution < 1.29 is 14.3 Å². The number of nitrogens with one attached hydrogen (secondary N) is 1. The molecule has 0 radical (unpaired) electrons. The van der Waals surface area contributed by atoms with Gasteiger partial charge < -0.3 is 19.7 Å². The van der Waals surface area contributed by atoms with Crippen LogP contribution in [0.3, 0.4) is 0 Å². The largest absolute Gasteiger partial charge is 0.383 e. The Morgan fingerprint density at radius 2 is 2.47 bits per heavy atom. The summed E-state index contributed by atoms with van der Waals surface area (Å²) in [6, 6.07) is 0.210. The van der Waals surface area contributed by atoms with Gasteiger partial charge in [0.25, 0.3) is 0 Å². The summed E-state index contributed by atoms with van der Waals surface area (Å²) in [5.41, 5.74) is 0. The van der Waals surface area contributed by atoms with Gasteiger partial charge in [0.1, 0.15) is 6.61 Å². The molecule has 0 aliphatic carbocycles. The van der Waals surface area contributed by atoms with Crippen LogP contribution in [-0.2, 0) is 14.3 Å². The van der Waals surface area contributed by atoms with E-state index in [1.165, 1.54) is 0 Å². The van der Waals surface area contributed by atoms with Crippen molar-refractivity contribution in [1.29, 1.82) is 0 Å². The van der Waals surface area contributed by atoms with Crippen molar-refractivity contribution in [3.63, 3.8) is 0 Å². The van der Waals surface area contributed by atoms with Crippen LogP contribution < -0.4 is 5.32 Å². The number of amides is 1. The summed E-state index contributed by atoms with van der Waals surface area (Å²) in [7, 11) is 1.67. The third kappa shape index (κ3) is 4.15. The number of nitrogens with zero attached hydrogens (tertiary/aromatic N) is 1. The Morgan fingerprint density at radius 3 is 3.07 bits per heavy atom. The Bertz CT molecular complexity index is 193. The molecule has 1 N–H and O–H groups in total. The van der Waals surface area contributed by atoms with Gasteiger partial charge in [-0.15, -0.1) is 0 Å². The first-order valence-electron chi connectivity index (χ1n) is 5.35. The number of carbonyl (C=O) groups is 1. The molecule has 1 aliphatic rings. The van der Waals surface area contributed by atoms with Gasteiger partial charge in [-0.1, -0.05) is 6.92 Å². The Hall–Kier alpha value is -0.650. The zero-order valence-corrected chi connectivity index (χ0v) is 9.49. The van der Waals surface area contributed by atoms with E-state index in [1.807, 2.05) is 11.8 Å². The summed E-state index contributed by atoms with van der Waals surface area (Å²) in [5, 5.41) is 3.29. The van der Waals surface area contributed by atoms with Gasteiger partial charge in [0.15, 0.2) is 0 Å². The molecule has 15 heavy (non-hydrogen) atoms. The van der Waals surface area contributed by atoms with Crippen molar-refractivity contribution in [3.8, 4) is 0 Å². The minimum absolute atomic E-state index is 0.0697. The minimum atomic E-state index is 0.0697. The molecule has 1 rings (SSSR count). The van der Waals surface area contributed by atoms with Crippen LogP contribution >= 0.6 is 0 Å². The molecule has 1 aliphatic heterocycles. The van der Waals surface area contributed by atoms with Gasteiger partial charge in [0.2, 0.25) is 5.91 Å². The van der Waals surface area contributed by atoms with Crippen LogP contribution in [0.4, 0.5) is 0 Å². The van der Waals surface area contributed by atoms with Gasteiger partial charge in [0.05, 0.1) is 13.2 Å². The van der Waals surface area contributed by atoms with E-state index in [0.717, 1.165) is 6.54 Å². The molecule has 1 saturated heterocycles. The molecular formula is C10H20N2O3. The fourth-order valence-corrected chi connectivity index (χ4v) is 1.68. The van der Waals surface area contributed by atoms with Gasteiger partial charge >= 0.3 is 0 Å². The second kappa shape index (κ2) is 6.76. The molecule has 0 spiro atoms. The Kier molecular flexibility index (Phi) is 5.60. The lowest BCUT2D eigenvalue weighted by Gasteiger charge is -2.30. The molecule has 0 aromatic rings. The normalized spacial score (nSPS) is 19.3. The number of morpholine rings is 1. The van der Waals surface area contributed by atoms with Crippen molar-refractivity contribution >= 4 is 5.91 Å². The number of hydrogen-bond acceptors (Lipinski definition) is 4. The van der Waals surface area contributed by atoms with E-state index in [2.05, 4.69) is 5.32 Å². The van der Waals surface area contributed by atoms with Crippen LogP contribution in [0.5, 0.6) is 0 Å². The highest BCUT2D eigenvalue weighted by Gasteiger charge is 2.21. The molecule has 1 heterocycles. The average molecular weight is 216 g/mol. The number of ether oxygens (including phenoxy) is 2. The first-order valence-corrected chi connectivity index (χ1v) is 5.35. The van der Waals surface area contributed by atoms with Crippen molar-refractivity contribution in [2.75, 3.05) is 46.6 Å². The van der Waals surface area contributed by atoms with E-state index in [1.54, 1.807) is 7.11 Å². The molecule has 0 aromatic carbocycles.